The summed E-state index contributed by atoms with van der Waals surface area (Å²) >= 11 is 0. The fourth-order valence-corrected chi connectivity index (χ4v) is 10.4. The lowest BCUT2D eigenvalue weighted by atomic mass is 9.80. The minimum absolute atomic E-state index is 0.0114. The Balaban J connectivity index is 1.06. The lowest BCUT2D eigenvalue weighted by Crippen LogP contribution is -2.45. The van der Waals surface area contributed by atoms with Gasteiger partial charge in [-0.15, -0.1) is 0 Å². The van der Waals surface area contributed by atoms with Crippen LogP contribution in [0.5, 0.6) is 11.5 Å². The smallest absolute Gasteiger partial charge is 0.308 e. The number of likely N-dealkylation sites (N-methyl/N-ethyl adjacent to an activating group) is 1. The number of unbranched alkanes of at least 4 members (excludes halogenated alkanes) is 2. The highest BCUT2D eigenvalue weighted by Crippen LogP contribution is 2.48. The van der Waals surface area contributed by atoms with Gasteiger partial charge in [0.15, 0.2) is 5.71 Å². The number of carbonyl (C=O) groups excluding carboxylic acids is 3. The van der Waals surface area contributed by atoms with Gasteiger partial charge >= 0.3 is 5.97 Å². The molecule has 2 N–H and O–H groups in total. The number of ether oxygens (including phenoxy) is 5. The molecule has 0 aromatic heterocycles. The SMILES string of the molecule is CCN1/C(=C/C=C/C2=[N+](CCCCCC(=O)NC(COC(=O)CCOCCC(=O)NC)COC(c3ccccc3)(c3ccc(OC)cc3)c3ccc(OC)cc3)c3ccccc3C2(C)C)C(C)(C)c2ccccc21. The molecule has 5 aromatic carbocycles. The molecule has 0 aliphatic carbocycles. The molecule has 2 heterocycles. The van der Waals surface area contributed by atoms with E-state index in [2.05, 4.69) is 121 Å². The third kappa shape index (κ3) is 12.5. The van der Waals surface area contributed by atoms with Crippen molar-refractivity contribution in [3.8, 4) is 11.5 Å². The topological polar surface area (TPSA) is 128 Å². The predicted molar refractivity (Wildman–Crippen MR) is 293 cm³/mol. The average Bonchev–Trinajstić information content (AvgIpc) is 3.78. The quantitative estimate of drug-likeness (QED) is 0.0241. The third-order valence-corrected chi connectivity index (χ3v) is 14.4. The van der Waals surface area contributed by atoms with Crippen molar-refractivity contribution in [1.82, 2.24) is 10.6 Å². The maximum atomic E-state index is 14.0. The Kier molecular flexibility index (Phi) is 18.7. The number of nitrogens with zero attached hydrogens (tertiary/aromatic N) is 2. The number of para-hydroxylation sites is 2. The molecule has 2 aliphatic rings. The van der Waals surface area contributed by atoms with E-state index < -0.39 is 17.6 Å². The number of amides is 2. The molecule has 1 unspecified atom stereocenters. The van der Waals surface area contributed by atoms with Gasteiger partial charge in [-0.3, -0.25) is 14.4 Å². The molecule has 12 heteroatoms. The summed E-state index contributed by atoms with van der Waals surface area (Å²) in [5.41, 5.74) is 8.69. The fraction of sp³-hybridized carbons (Fsp3) is 0.387. The van der Waals surface area contributed by atoms with Crippen molar-refractivity contribution in [1.29, 1.82) is 0 Å². The Hall–Kier alpha value is -7.02. The molecular weight excluding hydrogens is 929 g/mol. The van der Waals surface area contributed by atoms with Crippen molar-refractivity contribution in [2.75, 3.05) is 65.7 Å². The number of anilines is 1. The van der Waals surface area contributed by atoms with Crippen LogP contribution in [0.2, 0.25) is 0 Å². The van der Waals surface area contributed by atoms with Gasteiger partial charge in [-0.1, -0.05) is 111 Å². The summed E-state index contributed by atoms with van der Waals surface area (Å²) in [5, 5.41) is 5.73. The highest BCUT2D eigenvalue weighted by molar-refractivity contribution is 6.03. The molecule has 1 atom stereocenters. The van der Waals surface area contributed by atoms with Crippen LogP contribution in [-0.2, 0) is 45.0 Å². The molecule has 390 valence electrons. The Morgan fingerprint density at radius 2 is 1.28 bits per heavy atom. The van der Waals surface area contributed by atoms with E-state index in [1.54, 1.807) is 21.3 Å². The second kappa shape index (κ2) is 25.3. The summed E-state index contributed by atoms with van der Waals surface area (Å²) < 4.78 is 32.0. The van der Waals surface area contributed by atoms with Gasteiger partial charge in [0.05, 0.1) is 51.9 Å². The van der Waals surface area contributed by atoms with Crippen LogP contribution in [-0.4, -0.2) is 94.9 Å². The van der Waals surface area contributed by atoms with E-state index in [-0.39, 0.29) is 68.3 Å². The van der Waals surface area contributed by atoms with E-state index >= 15 is 0 Å². The summed E-state index contributed by atoms with van der Waals surface area (Å²) in [6, 6.07) is 42.1. The van der Waals surface area contributed by atoms with Crippen LogP contribution < -0.4 is 25.0 Å². The number of hydrogen-bond donors (Lipinski definition) is 2. The number of methoxy groups -OCH3 is 2. The minimum Gasteiger partial charge on any atom is -0.497 e. The molecule has 0 fully saturated rings. The van der Waals surface area contributed by atoms with Crippen molar-refractivity contribution >= 4 is 34.9 Å². The predicted octanol–water partition coefficient (Wildman–Crippen LogP) is 10.5. The minimum atomic E-state index is -1.16. The molecule has 0 bridgehead atoms. The van der Waals surface area contributed by atoms with Gasteiger partial charge < -0.3 is 39.2 Å². The lowest BCUT2D eigenvalue weighted by molar-refractivity contribution is -0.438. The van der Waals surface area contributed by atoms with Gasteiger partial charge in [-0.2, -0.15) is 4.58 Å². The largest absolute Gasteiger partial charge is 0.497 e. The van der Waals surface area contributed by atoms with E-state index in [4.69, 9.17) is 23.7 Å². The Morgan fingerprint density at radius 1 is 0.676 bits per heavy atom. The van der Waals surface area contributed by atoms with E-state index in [9.17, 15) is 14.4 Å². The van der Waals surface area contributed by atoms with E-state index in [0.717, 1.165) is 42.6 Å². The highest BCUT2D eigenvalue weighted by Gasteiger charge is 2.44. The first-order valence-corrected chi connectivity index (χ1v) is 26.0. The number of fused-ring (bicyclic) bond motifs is 2. The fourth-order valence-electron chi connectivity index (χ4n) is 10.4. The second-order valence-electron chi connectivity index (χ2n) is 19.8. The number of allylic oxidation sites excluding steroid dienone is 4. The molecule has 2 aliphatic heterocycles. The van der Waals surface area contributed by atoms with Crippen LogP contribution in [0.3, 0.4) is 0 Å². The molecule has 7 rings (SSSR count). The van der Waals surface area contributed by atoms with Gasteiger partial charge in [-0.05, 0) is 92.3 Å². The normalized spacial score (nSPS) is 15.5. The van der Waals surface area contributed by atoms with Gasteiger partial charge in [-0.25, -0.2) is 0 Å². The lowest BCUT2D eigenvalue weighted by Gasteiger charge is -2.37. The van der Waals surface area contributed by atoms with Gasteiger partial charge in [0.1, 0.15) is 30.3 Å². The number of rotatable bonds is 26. The summed E-state index contributed by atoms with van der Waals surface area (Å²) in [5.74, 6) is 0.579. The standard InChI is InChI=1S/C62H74N4O8/c1-9-65-53-25-17-15-23-51(53)60(2,3)55(65)27-20-28-56-61(4,5)52-24-16-18-26-54(52)66(56)40-19-11-14-29-58(68)64-48(43-73-59(69)39-42-72-41-38-57(67)63-6)44-74-62(45-21-12-10-13-22-45,46-30-34-49(70-7)35-31-46)47-32-36-50(71-8)37-33-47/h10,12-13,15-18,20-28,30-37,48H,9,11,14,19,29,38-44H2,1-8H3,(H-,63,64,67,68)/p+1. The molecule has 0 saturated heterocycles. The van der Waals surface area contributed by atoms with E-state index in [1.165, 1.54) is 33.9 Å². The average molecular weight is 1000 g/mol. The van der Waals surface area contributed by atoms with Crippen LogP contribution in [0.15, 0.2) is 151 Å². The number of carbonyl (C=O) groups is 3. The number of hydrogen-bond acceptors (Lipinski definition) is 9. The van der Waals surface area contributed by atoms with Crippen molar-refractivity contribution in [3.05, 3.63) is 179 Å². The van der Waals surface area contributed by atoms with E-state index in [0.29, 0.717) is 17.9 Å². The van der Waals surface area contributed by atoms with Gasteiger partial charge in [0, 0.05) is 67.4 Å². The highest BCUT2D eigenvalue weighted by atomic mass is 16.5. The number of esters is 1. The first-order chi connectivity index (χ1) is 35.8. The zero-order valence-electron chi connectivity index (χ0n) is 44.6. The Morgan fingerprint density at radius 3 is 1.93 bits per heavy atom. The van der Waals surface area contributed by atoms with Crippen LogP contribution in [0, 0.1) is 0 Å². The van der Waals surface area contributed by atoms with Crippen molar-refractivity contribution in [2.24, 2.45) is 0 Å². The van der Waals surface area contributed by atoms with Crippen molar-refractivity contribution in [3.63, 3.8) is 0 Å². The summed E-state index contributed by atoms with van der Waals surface area (Å²) in [6.07, 6.45) is 9.63. The summed E-state index contributed by atoms with van der Waals surface area (Å²) in [4.78, 5) is 41.2. The molecule has 0 spiro atoms. The molecule has 0 radical (unpaired) electrons. The molecule has 2 amide bonds. The number of nitrogens with one attached hydrogen (secondary N) is 2. The first-order valence-electron chi connectivity index (χ1n) is 26.0. The zero-order valence-corrected chi connectivity index (χ0v) is 44.6. The van der Waals surface area contributed by atoms with E-state index in [1.807, 2.05) is 78.9 Å². The van der Waals surface area contributed by atoms with Crippen molar-refractivity contribution in [2.45, 2.75) is 95.6 Å². The third-order valence-electron chi connectivity index (χ3n) is 14.4. The summed E-state index contributed by atoms with van der Waals surface area (Å²) in [6.45, 7) is 13.3. The maximum Gasteiger partial charge on any atom is 0.308 e. The molecule has 12 nitrogen and oxygen atoms in total. The zero-order chi connectivity index (χ0) is 52.7. The van der Waals surface area contributed by atoms with Crippen LogP contribution >= 0.6 is 0 Å². The monoisotopic (exact) mass is 1000 g/mol. The Bertz CT molecular complexity index is 2730. The van der Waals surface area contributed by atoms with Crippen LogP contribution in [0.1, 0.15) is 101 Å². The van der Waals surface area contributed by atoms with Gasteiger partial charge in [0.2, 0.25) is 17.5 Å². The second-order valence-corrected chi connectivity index (χ2v) is 19.8. The first kappa shape index (κ1) is 54.7. The molecule has 0 saturated carbocycles. The van der Waals surface area contributed by atoms with Crippen molar-refractivity contribution < 1.29 is 42.6 Å². The van der Waals surface area contributed by atoms with Crippen LogP contribution in [0.25, 0.3) is 0 Å². The maximum absolute atomic E-state index is 14.0. The molecular formula is C62H75N4O8+. The molecule has 5 aromatic rings. The molecule has 74 heavy (non-hydrogen) atoms. The Labute approximate surface area is 438 Å². The number of benzene rings is 5. The van der Waals surface area contributed by atoms with Crippen LogP contribution in [0.4, 0.5) is 11.4 Å². The van der Waals surface area contributed by atoms with Gasteiger partial charge in [0.25, 0.3) is 0 Å². The summed E-state index contributed by atoms with van der Waals surface area (Å²) in [7, 11) is 4.82.